The van der Waals surface area contributed by atoms with Crippen molar-refractivity contribution < 1.29 is 43.9 Å². The van der Waals surface area contributed by atoms with Gasteiger partial charge in [-0.05, 0) is 38.1 Å². The molecule has 12 heteroatoms. The number of carbonyl (C=O) groups is 3. The lowest BCUT2D eigenvalue weighted by atomic mass is 10.1. The van der Waals surface area contributed by atoms with E-state index in [1.807, 2.05) is 6.07 Å². The van der Waals surface area contributed by atoms with Crippen LogP contribution in [-0.2, 0) is 31.8 Å². The van der Waals surface area contributed by atoms with Gasteiger partial charge in [-0.3, -0.25) is 18.9 Å². The Morgan fingerprint density at radius 3 is 2.52 bits per heavy atom. The van der Waals surface area contributed by atoms with Gasteiger partial charge >= 0.3 is 0 Å². The van der Waals surface area contributed by atoms with E-state index in [1.165, 1.54) is 25.3 Å². The normalized spacial score (nSPS) is 17.9. The number of fused-ring (bicyclic) bond motifs is 1. The first kappa shape index (κ1) is 31.6. The molecule has 2 amide bonds. The Labute approximate surface area is 258 Å². The van der Waals surface area contributed by atoms with Crippen molar-refractivity contribution >= 4 is 46.5 Å². The van der Waals surface area contributed by atoms with E-state index in [9.17, 15) is 27.7 Å². The van der Waals surface area contributed by atoms with Crippen molar-refractivity contribution in [2.45, 2.75) is 45.6 Å². The van der Waals surface area contributed by atoms with Gasteiger partial charge in [-0.2, -0.15) is 0 Å². The molecule has 44 heavy (non-hydrogen) atoms. The zero-order valence-corrected chi connectivity index (χ0v) is 25.9. The average Bonchev–Trinajstić information content (AvgIpc) is 3.58. The summed E-state index contributed by atoms with van der Waals surface area (Å²) in [6.45, 7) is 2.58. The van der Waals surface area contributed by atoms with Gasteiger partial charge in [-0.15, -0.1) is 0 Å². The summed E-state index contributed by atoms with van der Waals surface area (Å²) in [5.74, 6) is -2.01. The number of amides is 2. The van der Waals surface area contributed by atoms with E-state index in [0.29, 0.717) is 27.1 Å². The molecular formula is C32H32ClF2N3O5P+. The van der Waals surface area contributed by atoms with Crippen LogP contribution in [0.5, 0.6) is 0 Å². The second kappa shape index (κ2) is 13.0. The number of likely N-dealkylation sites (tertiary alicyclic amines) is 1. The smallest absolute Gasteiger partial charge is 0.261 e. The largest absolute Gasteiger partial charge is 0.350 e. The van der Waals surface area contributed by atoms with E-state index in [-0.39, 0.29) is 49.0 Å². The molecule has 0 spiro atoms. The van der Waals surface area contributed by atoms with Crippen LogP contribution in [0, 0.1) is 17.4 Å². The average molecular weight is 643 g/mol. The van der Waals surface area contributed by atoms with Crippen molar-refractivity contribution in [1.29, 1.82) is 0 Å². The van der Waals surface area contributed by atoms with E-state index in [0.717, 1.165) is 4.90 Å². The molecular weight excluding hydrogens is 611 g/mol. The second-order valence-electron chi connectivity index (χ2n) is 10.6. The van der Waals surface area contributed by atoms with Gasteiger partial charge < -0.3 is 19.3 Å². The zero-order chi connectivity index (χ0) is 31.6. The third-order valence-electron chi connectivity index (χ3n) is 7.67. The SMILES string of the molecule is CCOP(=O)(c1ccccc1)c1ccc2c(C(C)=O)cn(CC(=O)N3C[C@H](F)C[C@H]3C(=O)NCc3cccc([ClH+])c3F)c2c1. The van der Waals surface area contributed by atoms with Crippen LogP contribution in [0.1, 0.15) is 36.2 Å². The second-order valence-corrected chi connectivity index (χ2v) is 13.4. The topological polar surface area (TPSA) is 97.7 Å². The van der Waals surface area contributed by atoms with Crippen LogP contribution in [0.4, 0.5) is 8.78 Å². The Balaban J connectivity index is 1.44. The Morgan fingerprint density at radius 2 is 1.82 bits per heavy atom. The first-order valence-electron chi connectivity index (χ1n) is 14.1. The van der Waals surface area contributed by atoms with Crippen LogP contribution < -0.4 is 15.9 Å². The molecule has 1 saturated heterocycles. The molecule has 1 aliphatic heterocycles. The summed E-state index contributed by atoms with van der Waals surface area (Å²) in [6.07, 6.45) is -0.0950. The van der Waals surface area contributed by atoms with E-state index in [4.69, 9.17) is 16.1 Å². The molecule has 1 aliphatic rings. The highest BCUT2D eigenvalue weighted by atomic mass is 35.5. The number of aromatic nitrogens is 1. The minimum atomic E-state index is -3.52. The number of alkyl halides is 1. The van der Waals surface area contributed by atoms with Gasteiger partial charge in [-0.1, -0.05) is 36.4 Å². The molecule has 1 N–H and O–H groups in total. The fourth-order valence-corrected chi connectivity index (χ4v) is 7.81. The molecule has 0 aliphatic carbocycles. The number of halogens is 3. The molecule has 0 radical (unpaired) electrons. The van der Waals surface area contributed by atoms with Gasteiger partial charge in [-0.25, -0.2) is 8.78 Å². The van der Waals surface area contributed by atoms with Crippen molar-refractivity contribution in [1.82, 2.24) is 14.8 Å². The Kier molecular flexibility index (Phi) is 9.34. The van der Waals surface area contributed by atoms with Crippen molar-refractivity contribution in [2.24, 2.45) is 0 Å². The maximum Gasteiger partial charge on any atom is 0.261 e. The first-order chi connectivity index (χ1) is 21.0. The van der Waals surface area contributed by atoms with E-state index in [1.54, 1.807) is 60.0 Å². The number of carbonyl (C=O) groups excluding carboxylic acids is 3. The van der Waals surface area contributed by atoms with E-state index >= 15 is 0 Å². The van der Waals surface area contributed by atoms with Crippen molar-refractivity contribution in [2.75, 3.05) is 13.2 Å². The Hall–Kier alpha value is -3.85. The van der Waals surface area contributed by atoms with Crippen molar-refractivity contribution in [3.8, 4) is 0 Å². The summed E-state index contributed by atoms with van der Waals surface area (Å²) < 4.78 is 50.5. The standard InChI is InChI=1S/C32H31ClF2N3O5P/c1-3-43-44(42,23-9-5-4-6-10-23)24-12-13-25-26(20(2)39)18-37(28(25)15-24)19-30(40)38-17-22(34)14-29(38)32(41)36-16-21-8-7-11-27(33)31(21)35/h4-13,15,18,22,29,33H,3,14,16-17,19H2,1-2H3/p+1/t22-,29+,44?/m1/s1. The fraction of sp³-hybridized carbons (Fsp3) is 0.281. The van der Waals surface area contributed by atoms with E-state index < -0.39 is 37.2 Å². The number of hydrogen-bond acceptors (Lipinski definition) is 5. The zero-order valence-electron chi connectivity index (χ0n) is 24.2. The first-order valence-corrected chi connectivity index (χ1v) is 16.2. The van der Waals surface area contributed by atoms with Gasteiger partial charge in [0.25, 0.3) is 12.4 Å². The summed E-state index contributed by atoms with van der Waals surface area (Å²) >= 11 is 4.94. The van der Waals surface area contributed by atoms with Crippen LogP contribution in [0.25, 0.3) is 10.9 Å². The lowest BCUT2D eigenvalue weighted by Gasteiger charge is -2.24. The number of nitrogens with zero attached hydrogens (tertiary/aromatic N) is 2. The molecule has 1 aromatic heterocycles. The summed E-state index contributed by atoms with van der Waals surface area (Å²) in [7, 11) is -3.52. The van der Waals surface area contributed by atoms with Gasteiger partial charge in [0, 0.05) is 52.4 Å². The third-order valence-corrected chi connectivity index (χ3v) is 10.5. The molecule has 4 aromatic rings. The number of nitrogens with one attached hydrogen (secondary N) is 1. The molecule has 1 unspecified atom stereocenters. The minimum absolute atomic E-state index is 0.0201. The minimum Gasteiger partial charge on any atom is -0.350 e. The van der Waals surface area contributed by atoms with Gasteiger partial charge in [0.15, 0.2) is 23.2 Å². The van der Waals surface area contributed by atoms with Crippen LogP contribution in [-0.4, -0.2) is 52.4 Å². The third kappa shape index (κ3) is 6.20. The number of rotatable bonds is 10. The number of benzene rings is 3. The van der Waals surface area contributed by atoms with Crippen LogP contribution in [0.3, 0.4) is 0 Å². The van der Waals surface area contributed by atoms with Crippen molar-refractivity contribution in [3.05, 3.63) is 94.9 Å². The van der Waals surface area contributed by atoms with E-state index in [2.05, 4.69) is 5.32 Å². The van der Waals surface area contributed by atoms with Crippen LogP contribution in [0.15, 0.2) is 72.9 Å². The Bertz CT molecular complexity index is 1780. The molecule has 0 saturated carbocycles. The molecule has 230 valence electrons. The summed E-state index contributed by atoms with van der Waals surface area (Å²) in [5, 5.41) is 4.06. The molecule has 0 bridgehead atoms. The highest BCUT2D eigenvalue weighted by Gasteiger charge is 2.40. The molecule has 3 atom stereocenters. The monoisotopic (exact) mass is 642 g/mol. The molecule has 8 nitrogen and oxygen atoms in total. The summed E-state index contributed by atoms with van der Waals surface area (Å²) in [5.41, 5.74) is 1.01. The highest BCUT2D eigenvalue weighted by Crippen LogP contribution is 2.45. The number of ketones is 1. The van der Waals surface area contributed by atoms with Gasteiger partial charge in [0.1, 0.15) is 18.8 Å². The summed E-state index contributed by atoms with van der Waals surface area (Å²) in [6, 6.07) is 17.2. The molecule has 1 fully saturated rings. The lowest BCUT2D eigenvalue weighted by molar-refractivity contribution is -0.293. The summed E-state index contributed by atoms with van der Waals surface area (Å²) in [4.78, 5) is 40.3. The molecule has 3 aromatic carbocycles. The Morgan fingerprint density at radius 1 is 1.07 bits per heavy atom. The van der Waals surface area contributed by atoms with Gasteiger partial charge in [0.2, 0.25) is 11.8 Å². The quantitative estimate of drug-likeness (QED) is 0.207. The molecule has 5 rings (SSSR count). The van der Waals surface area contributed by atoms with Crippen molar-refractivity contribution in [3.63, 3.8) is 0 Å². The highest BCUT2D eigenvalue weighted by molar-refractivity contribution is 7.74. The predicted octanol–water partition coefficient (Wildman–Crippen LogP) is 4.20. The lowest BCUT2D eigenvalue weighted by Crippen LogP contribution is -2.46. The fourth-order valence-electron chi connectivity index (χ4n) is 5.52. The number of hydrogen-bond donors (Lipinski definition) is 1. The van der Waals surface area contributed by atoms with Gasteiger partial charge in [0.05, 0.1) is 18.7 Å². The maximum absolute atomic E-state index is 14.6. The maximum atomic E-state index is 14.6. The predicted molar refractivity (Wildman–Crippen MR) is 161 cm³/mol. The van der Waals surface area contributed by atoms with Crippen LogP contribution >= 0.6 is 7.37 Å². The van der Waals surface area contributed by atoms with Crippen LogP contribution in [0.2, 0.25) is 5.02 Å². The molecule has 2 heterocycles. The number of Topliss-reactive ketones (excluding diaryl/α,β-unsaturated/α-hetero) is 1.